The van der Waals surface area contributed by atoms with E-state index in [-0.39, 0.29) is 11.8 Å². The summed E-state index contributed by atoms with van der Waals surface area (Å²) in [5, 5.41) is 23.1. The maximum absolute atomic E-state index is 10.4. The second kappa shape index (κ2) is 4.49. The zero-order chi connectivity index (χ0) is 11.5. The monoisotopic (exact) mass is 222 g/mol. The van der Waals surface area contributed by atoms with Gasteiger partial charge in [0, 0.05) is 24.4 Å². The van der Waals surface area contributed by atoms with Gasteiger partial charge in [0.25, 0.3) is 5.69 Å². The lowest BCUT2D eigenvalue weighted by Gasteiger charge is -2.11. The van der Waals surface area contributed by atoms with Crippen molar-refractivity contribution in [3.8, 4) is 0 Å². The molecule has 1 unspecified atom stereocenters. The summed E-state index contributed by atoms with van der Waals surface area (Å²) in [6.07, 6.45) is 1.89. The van der Waals surface area contributed by atoms with E-state index in [9.17, 15) is 15.2 Å². The predicted molar refractivity (Wildman–Crippen MR) is 60.3 cm³/mol. The summed E-state index contributed by atoms with van der Waals surface area (Å²) >= 11 is 0. The fraction of sp³-hybridized carbons (Fsp3) is 0.455. The van der Waals surface area contributed by atoms with E-state index in [1.54, 1.807) is 12.1 Å². The third-order valence-corrected chi connectivity index (χ3v) is 2.76. The van der Waals surface area contributed by atoms with E-state index in [2.05, 4.69) is 5.32 Å². The van der Waals surface area contributed by atoms with Crippen LogP contribution in [-0.4, -0.2) is 22.7 Å². The third kappa shape index (κ3) is 2.70. The predicted octanol–water partition coefficient (Wildman–Crippen LogP) is 1.78. The van der Waals surface area contributed by atoms with Crippen LogP contribution in [0.5, 0.6) is 0 Å². The number of nitro benzene ring substituents is 1. The SMILES string of the molecule is O=[N+]([O-])c1ccc(NCC(O)C2CC2)cc1. The maximum Gasteiger partial charge on any atom is 0.269 e. The van der Waals surface area contributed by atoms with Gasteiger partial charge in [-0.25, -0.2) is 0 Å². The highest BCUT2D eigenvalue weighted by Gasteiger charge is 2.29. The highest BCUT2D eigenvalue weighted by Crippen LogP contribution is 2.32. The fourth-order valence-corrected chi connectivity index (χ4v) is 1.57. The van der Waals surface area contributed by atoms with E-state index < -0.39 is 4.92 Å². The summed E-state index contributed by atoms with van der Waals surface area (Å²) in [7, 11) is 0. The smallest absolute Gasteiger partial charge is 0.269 e. The van der Waals surface area contributed by atoms with Gasteiger partial charge in [-0.3, -0.25) is 10.1 Å². The first-order valence-electron chi connectivity index (χ1n) is 5.33. The molecule has 2 N–H and O–H groups in total. The van der Waals surface area contributed by atoms with E-state index in [0.29, 0.717) is 12.5 Å². The van der Waals surface area contributed by atoms with Gasteiger partial charge in [0.2, 0.25) is 0 Å². The minimum Gasteiger partial charge on any atom is -0.391 e. The van der Waals surface area contributed by atoms with Crippen molar-refractivity contribution in [1.82, 2.24) is 0 Å². The Hall–Kier alpha value is -1.62. The second-order valence-corrected chi connectivity index (χ2v) is 4.09. The van der Waals surface area contributed by atoms with Gasteiger partial charge in [-0.15, -0.1) is 0 Å². The van der Waals surface area contributed by atoms with Gasteiger partial charge in [0.15, 0.2) is 0 Å². The molecule has 86 valence electrons. The van der Waals surface area contributed by atoms with Gasteiger partial charge in [0.1, 0.15) is 0 Å². The number of rotatable bonds is 5. The van der Waals surface area contributed by atoms with E-state index in [1.165, 1.54) is 12.1 Å². The van der Waals surface area contributed by atoms with E-state index >= 15 is 0 Å². The Bertz CT molecular complexity index is 373. The minimum absolute atomic E-state index is 0.0771. The zero-order valence-corrected chi connectivity index (χ0v) is 8.80. The molecule has 0 aliphatic heterocycles. The summed E-state index contributed by atoms with van der Waals surface area (Å²) in [5.74, 6) is 0.436. The molecule has 2 rings (SSSR count). The van der Waals surface area contributed by atoms with Crippen LogP contribution in [0.3, 0.4) is 0 Å². The molecule has 16 heavy (non-hydrogen) atoms. The fourth-order valence-electron chi connectivity index (χ4n) is 1.57. The lowest BCUT2D eigenvalue weighted by molar-refractivity contribution is -0.384. The molecule has 1 aliphatic rings. The standard InChI is InChI=1S/C11H14N2O3/c14-11(8-1-2-8)7-12-9-3-5-10(6-4-9)13(15)16/h3-6,8,11-12,14H,1-2,7H2. The number of aliphatic hydroxyl groups is 1. The maximum atomic E-state index is 10.4. The average molecular weight is 222 g/mol. The quantitative estimate of drug-likeness (QED) is 0.588. The molecule has 0 spiro atoms. The molecule has 0 aromatic heterocycles. The van der Waals surface area contributed by atoms with Crippen LogP contribution in [0.25, 0.3) is 0 Å². The van der Waals surface area contributed by atoms with E-state index in [4.69, 9.17) is 0 Å². The summed E-state index contributed by atoms with van der Waals surface area (Å²) in [5.41, 5.74) is 0.874. The van der Waals surface area contributed by atoms with Crippen molar-refractivity contribution in [1.29, 1.82) is 0 Å². The molecule has 0 radical (unpaired) electrons. The molecule has 1 aromatic rings. The molecule has 5 nitrogen and oxygen atoms in total. The summed E-state index contributed by atoms with van der Waals surface area (Å²) in [4.78, 5) is 9.99. The number of hydrogen-bond acceptors (Lipinski definition) is 4. The summed E-state index contributed by atoms with van der Waals surface area (Å²) in [6, 6.07) is 6.20. The zero-order valence-electron chi connectivity index (χ0n) is 8.80. The molecule has 0 bridgehead atoms. The van der Waals surface area contributed by atoms with Gasteiger partial charge < -0.3 is 10.4 Å². The Morgan fingerprint density at radius 3 is 2.56 bits per heavy atom. The lowest BCUT2D eigenvalue weighted by atomic mass is 10.2. The Morgan fingerprint density at radius 2 is 2.06 bits per heavy atom. The number of anilines is 1. The van der Waals surface area contributed by atoms with Gasteiger partial charge in [-0.05, 0) is 30.9 Å². The number of non-ortho nitro benzene ring substituents is 1. The topological polar surface area (TPSA) is 75.4 Å². The van der Waals surface area contributed by atoms with Crippen LogP contribution in [-0.2, 0) is 0 Å². The van der Waals surface area contributed by atoms with Crippen molar-refractivity contribution in [3.63, 3.8) is 0 Å². The summed E-state index contributed by atoms with van der Waals surface area (Å²) in [6.45, 7) is 0.502. The number of nitrogens with zero attached hydrogens (tertiary/aromatic N) is 1. The van der Waals surface area contributed by atoms with Crippen LogP contribution in [0, 0.1) is 16.0 Å². The van der Waals surface area contributed by atoms with Crippen LogP contribution in [0.2, 0.25) is 0 Å². The first kappa shape index (κ1) is 10.9. The van der Waals surface area contributed by atoms with Crippen LogP contribution in [0.1, 0.15) is 12.8 Å². The van der Waals surface area contributed by atoms with E-state index in [1.807, 2.05) is 0 Å². The van der Waals surface area contributed by atoms with Gasteiger partial charge >= 0.3 is 0 Å². The van der Waals surface area contributed by atoms with Crippen molar-refractivity contribution < 1.29 is 10.0 Å². The molecule has 1 aliphatic carbocycles. The number of nitro groups is 1. The number of hydrogen-bond donors (Lipinski definition) is 2. The number of nitrogens with one attached hydrogen (secondary N) is 1. The van der Waals surface area contributed by atoms with Crippen LogP contribution in [0.4, 0.5) is 11.4 Å². The largest absolute Gasteiger partial charge is 0.391 e. The molecule has 1 aromatic carbocycles. The molecule has 1 atom stereocenters. The number of benzene rings is 1. The van der Waals surface area contributed by atoms with Crippen molar-refractivity contribution >= 4 is 11.4 Å². The van der Waals surface area contributed by atoms with Crippen LogP contribution >= 0.6 is 0 Å². The Kier molecular flexibility index (Phi) is 3.05. The third-order valence-electron chi connectivity index (χ3n) is 2.76. The van der Waals surface area contributed by atoms with Crippen LogP contribution in [0.15, 0.2) is 24.3 Å². The van der Waals surface area contributed by atoms with E-state index in [0.717, 1.165) is 18.5 Å². The van der Waals surface area contributed by atoms with Gasteiger partial charge in [0.05, 0.1) is 11.0 Å². The molecule has 1 fully saturated rings. The average Bonchev–Trinajstić information content (AvgIpc) is 3.10. The Morgan fingerprint density at radius 1 is 1.44 bits per heavy atom. The first-order valence-corrected chi connectivity index (χ1v) is 5.33. The lowest BCUT2D eigenvalue weighted by Crippen LogP contribution is -2.21. The molecule has 5 heteroatoms. The Labute approximate surface area is 93.2 Å². The highest BCUT2D eigenvalue weighted by atomic mass is 16.6. The molecule has 0 amide bonds. The van der Waals surface area contributed by atoms with Crippen molar-refractivity contribution in [2.75, 3.05) is 11.9 Å². The highest BCUT2D eigenvalue weighted by molar-refractivity contribution is 5.48. The molecule has 1 saturated carbocycles. The van der Waals surface area contributed by atoms with Crippen LogP contribution < -0.4 is 5.32 Å². The van der Waals surface area contributed by atoms with Gasteiger partial charge in [-0.1, -0.05) is 0 Å². The second-order valence-electron chi connectivity index (χ2n) is 4.09. The number of aliphatic hydroxyl groups excluding tert-OH is 1. The van der Waals surface area contributed by atoms with Crippen molar-refractivity contribution in [3.05, 3.63) is 34.4 Å². The van der Waals surface area contributed by atoms with Crippen molar-refractivity contribution in [2.45, 2.75) is 18.9 Å². The molecule has 0 saturated heterocycles. The molecular weight excluding hydrogens is 208 g/mol. The molecular formula is C11H14N2O3. The van der Waals surface area contributed by atoms with Gasteiger partial charge in [-0.2, -0.15) is 0 Å². The minimum atomic E-state index is -0.428. The molecule has 0 heterocycles. The Balaban J connectivity index is 1.86. The normalized spacial score (nSPS) is 16.8. The van der Waals surface area contributed by atoms with Crippen molar-refractivity contribution in [2.24, 2.45) is 5.92 Å². The summed E-state index contributed by atoms with van der Waals surface area (Å²) < 4.78 is 0. The first-order chi connectivity index (χ1) is 7.66.